The maximum atomic E-state index is 11.5. The highest BCUT2D eigenvalue weighted by Gasteiger charge is 2.22. The van der Waals surface area contributed by atoms with Crippen molar-refractivity contribution in [3.05, 3.63) is 20.3 Å². The van der Waals surface area contributed by atoms with Crippen LogP contribution < -0.4 is 10.5 Å². The van der Waals surface area contributed by atoms with E-state index >= 15 is 0 Å². The molecular weight excluding hydrogens is 333 g/mol. The van der Waals surface area contributed by atoms with Gasteiger partial charge in [-0.2, -0.15) is 0 Å². The van der Waals surface area contributed by atoms with E-state index in [4.69, 9.17) is 5.11 Å². The Kier molecular flexibility index (Phi) is 4.38. The van der Waals surface area contributed by atoms with E-state index in [2.05, 4.69) is 14.9 Å². The van der Waals surface area contributed by atoms with Gasteiger partial charge in [-0.25, -0.2) is 4.98 Å². The van der Waals surface area contributed by atoms with Crippen molar-refractivity contribution >= 4 is 28.4 Å². The van der Waals surface area contributed by atoms with Gasteiger partial charge in [0.25, 0.3) is 5.56 Å². The van der Waals surface area contributed by atoms with Crippen molar-refractivity contribution in [3.63, 3.8) is 0 Å². The summed E-state index contributed by atoms with van der Waals surface area (Å²) in [5, 5.41) is 8.98. The van der Waals surface area contributed by atoms with E-state index in [0.29, 0.717) is 9.49 Å². The molecule has 6 heteroatoms. The molecule has 1 atom stereocenters. The van der Waals surface area contributed by atoms with Gasteiger partial charge in [-0.1, -0.05) is 0 Å². The number of hydrogen-bond acceptors (Lipinski definition) is 4. The first-order chi connectivity index (χ1) is 8.22. The van der Waals surface area contributed by atoms with E-state index < -0.39 is 0 Å². The fraction of sp³-hybridized carbons (Fsp3) is 0.636. The minimum absolute atomic E-state index is 0.0834. The van der Waals surface area contributed by atoms with E-state index in [-0.39, 0.29) is 12.2 Å². The first kappa shape index (κ1) is 12.8. The van der Waals surface area contributed by atoms with E-state index in [9.17, 15) is 4.79 Å². The third-order valence-electron chi connectivity index (χ3n) is 3.13. The lowest BCUT2D eigenvalue weighted by Gasteiger charge is -2.33. The van der Waals surface area contributed by atoms with Crippen molar-refractivity contribution < 1.29 is 5.11 Å². The second-order valence-electron chi connectivity index (χ2n) is 4.34. The molecule has 0 bridgehead atoms. The number of aromatic amines is 1. The third kappa shape index (κ3) is 2.98. The highest BCUT2D eigenvalue weighted by molar-refractivity contribution is 14.1. The average Bonchev–Trinajstić information content (AvgIpc) is 2.33. The van der Waals surface area contributed by atoms with Crippen molar-refractivity contribution in [1.82, 2.24) is 9.97 Å². The Labute approximate surface area is 113 Å². The number of anilines is 1. The fourth-order valence-electron chi connectivity index (χ4n) is 2.27. The van der Waals surface area contributed by atoms with Crippen LogP contribution in [0.4, 0.5) is 5.82 Å². The van der Waals surface area contributed by atoms with E-state index in [1.807, 2.05) is 22.6 Å². The van der Waals surface area contributed by atoms with E-state index in [0.717, 1.165) is 38.2 Å². The lowest BCUT2D eigenvalue weighted by molar-refractivity contribution is 0.244. The first-order valence-corrected chi connectivity index (χ1v) is 6.89. The molecule has 2 heterocycles. The molecule has 0 spiro atoms. The van der Waals surface area contributed by atoms with E-state index in [1.54, 1.807) is 0 Å². The van der Waals surface area contributed by atoms with Crippen molar-refractivity contribution in [2.75, 3.05) is 24.6 Å². The quantitative estimate of drug-likeness (QED) is 0.798. The standard InChI is InChI=1S/C11H16IN3O2/c12-9-10(13-7-14-11(9)17)15-4-1-2-8(6-15)3-5-16/h7-8,16H,1-6H2,(H,13,14,17). The summed E-state index contributed by atoms with van der Waals surface area (Å²) >= 11 is 2.04. The lowest BCUT2D eigenvalue weighted by atomic mass is 9.95. The minimum Gasteiger partial charge on any atom is -0.396 e. The number of rotatable bonds is 3. The molecule has 1 fully saturated rings. The van der Waals surface area contributed by atoms with Crippen LogP contribution in [0.1, 0.15) is 19.3 Å². The van der Waals surface area contributed by atoms with Crippen LogP contribution in [0, 0.1) is 9.49 Å². The Hall–Kier alpha value is -0.630. The number of nitrogens with zero attached hydrogens (tertiary/aromatic N) is 2. The zero-order valence-corrected chi connectivity index (χ0v) is 11.7. The molecule has 1 aromatic heterocycles. The predicted molar refractivity (Wildman–Crippen MR) is 74.2 cm³/mol. The average molecular weight is 349 g/mol. The van der Waals surface area contributed by atoms with Crippen LogP contribution in [0.3, 0.4) is 0 Å². The molecule has 1 aliphatic heterocycles. The van der Waals surface area contributed by atoms with Crippen LogP contribution in [-0.2, 0) is 0 Å². The maximum absolute atomic E-state index is 11.5. The number of aliphatic hydroxyl groups excluding tert-OH is 1. The van der Waals surface area contributed by atoms with Gasteiger partial charge in [-0.15, -0.1) is 0 Å². The monoisotopic (exact) mass is 349 g/mol. The summed E-state index contributed by atoms with van der Waals surface area (Å²) in [6.45, 7) is 2.06. The summed E-state index contributed by atoms with van der Waals surface area (Å²) in [4.78, 5) is 20.5. The number of hydrogen-bond donors (Lipinski definition) is 2. The lowest BCUT2D eigenvalue weighted by Crippen LogP contribution is -2.37. The molecule has 2 N–H and O–H groups in total. The van der Waals surface area contributed by atoms with Gasteiger partial charge < -0.3 is 15.0 Å². The molecule has 1 aliphatic rings. The number of halogens is 1. The molecule has 0 aromatic carbocycles. The molecule has 1 aromatic rings. The van der Waals surface area contributed by atoms with Gasteiger partial charge in [0.05, 0.1) is 6.33 Å². The smallest absolute Gasteiger partial charge is 0.266 e. The van der Waals surface area contributed by atoms with Crippen LogP contribution in [0.25, 0.3) is 0 Å². The van der Waals surface area contributed by atoms with Gasteiger partial charge in [0, 0.05) is 19.7 Å². The Balaban J connectivity index is 2.16. The zero-order valence-electron chi connectivity index (χ0n) is 9.53. The fourth-order valence-corrected chi connectivity index (χ4v) is 2.91. The summed E-state index contributed by atoms with van der Waals surface area (Å²) < 4.78 is 0.648. The van der Waals surface area contributed by atoms with Crippen molar-refractivity contribution in [1.29, 1.82) is 0 Å². The van der Waals surface area contributed by atoms with Crippen molar-refractivity contribution in [2.45, 2.75) is 19.3 Å². The molecule has 94 valence electrons. The van der Waals surface area contributed by atoms with Crippen LogP contribution in [0.5, 0.6) is 0 Å². The van der Waals surface area contributed by atoms with Crippen LogP contribution in [-0.4, -0.2) is 34.8 Å². The maximum Gasteiger partial charge on any atom is 0.266 e. The third-order valence-corrected chi connectivity index (χ3v) is 4.11. The van der Waals surface area contributed by atoms with Crippen LogP contribution in [0.15, 0.2) is 11.1 Å². The summed E-state index contributed by atoms with van der Waals surface area (Å²) in [6, 6.07) is 0. The molecule has 0 amide bonds. The molecular formula is C11H16IN3O2. The largest absolute Gasteiger partial charge is 0.396 e. The molecule has 0 aliphatic carbocycles. The van der Waals surface area contributed by atoms with Crippen molar-refractivity contribution in [2.24, 2.45) is 5.92 Å². The number of H-pyrrole nitrogens is 1. The van der Waals surface area contributed by atoms with Gasteiger partial charge in [-0.3, -0.25) is 4.79 Å². The zero-order chi connectivity index (χ0) is 12.3. The van der Waals surface area contributed by atoms with Crippen LogP contribution in [0.2, 0.25) is 0 Å². The summed E-state index contributed by atoms with van der Waals surface area (Å²) in [5.41, 5.74) is -0.0834. The Bertz CT molecular complexity index is 433. The number of nitrogens with one attached hydrogen (secondary N) is 1. The number of piperidine rings is 1. The number of aliphatic hydroxyl groups is 1. The Morgan fingerprint density at radius 1 is 1.65 bits per heavy atom. The minimum atomic E-state index is -0.0834. The van der Waals surface area contributed by atoms with Crippen LogP contribution >= 0.6 is 22.6 Å². The highest BCUT2D eigenvalue weighted by Crippen LogP contribution is 2.24. The molecule has 1 unspecified atom stereocenters. The second-order valence-corrected chi connectivity index (χ2v) is 5.41. The molecule has 17 heavy (non-hydrogen) atoms. The second kappa shape index (κ2) is 5.81. The Morgan fingerprint density at radius 3 is 3.24 bits per heavy atom. The molecule has 1 saturated heterocycles. The summed E-state index contributed by atoms with van der Waals surface area (Å²) in [6.07, 6.45) is 4.53. The normalized spacial score (nSPS) is 20.6. The predicted octanol–water partition coefficient (Wildman–Crippen LogP) is 0.973. The van der Waals surface area contributed by atoms with Gasteiger partial charge in [0.1, 0.15) is 9.39 Å². The van der Waals surface area contributed by atoms with Gasteiger partial charge in [-0.05, 0) is 47.8 Å². The molecule has 0 radical (unpaired) electrons. The van der Waals surface area contributed by atoms with Gasteiger partial charge in [0.2, 0.25) is 0 Å². The molecule has 5 nitrogen and oxygen atoms in total. The topological polar surface area (TPSA) is 69.2 Å². The summed E-state index contributed by atoms with van der Waals surface area (Å²) in [5.74, 6) is 1.28. The van der Waals surface area contributed by atoms with Gasteiger partial charge in [0.15, 0.2) is 0 Å². The van der Waals surface area contributed by atoms with Crippen molar-refractivity contribution in [3.8, 4) is 0 Å². The summed E-state index contributed by atoms with van der Waals surface area (Å²) in [7, 11) is 0. The Morgan fingerprint density at radius 2 is 2.47 bits per heavy atom. The molecule has 2 rings (SSSR count). The molecule has 0 saturated carbocycles. The van der Waals surface area contributed by atoms with Gasteiger partial charge >= 0.3 is 0 Å². The highest BCUT2D eigenvalue weighted by atomic mass is 127. The SMILES string of the molecule is O=c1[nH]cnc(N2CCCC(CCO)C2)c1I. The first-order valence-electron chi connectivity index (χ1n) is 5.81. The van der Waals surface area contributed by atoms with E-state index in [1.165, 1.54) is 6.33 Å². The number of aromatic nitrogens is 2.